The molecule has 142 valence electrons. The number of aromatic nitrogens is 1. The molecule has 4 unspecified atom stereocenters. The molecule has 2 aromatic rings. The smallest absolute Gasteiger partial charge is 0.255 e. The Balaban J connectivity index is 1.54. The van der Waals surface area contributed by atoms with E-state index in [0.717, 1.165) is 36.8 Å². The highest BCUT2D eigenvalue weighted by Crippen LogP contribution is 2.60. The molecule has 4 nitrogen and oxygen atoms in total. The van der Waals surface area contributed by atoms with Gasteiger partial charge >= 0.3 is 0 Å². The summed E-state index contributed by atoms with van der Waals surface area (Å²) in [5.74, 6) is 3.57. The topological polar surface area (TPSA) is 68.1 Å². The fraction of sp³-hybridized carbons (Fsp3) is 0.500. The number of rotatable bonds is 4. The van der Waals surface area contributed by atoms with E-state index in [1.807, 2.05) is 12.1 Å². The second kappa shape index (κ2) is 6.11. The maximum absolute atomic E-state index is 12.0. The maximum atomic E-state index is 12.0. The third-order valence-electron chi connectivity index (χ3n) is 6.97. The Morgan fingerprint density at radius 1 is 1.37 bits per heavy atom. The number of hydrogen-bond donors (Lipinski definition) is 2. The van der Waals surface area contributed by atoms with E-state index < -0.39 is 0 Å². The van der Waals surface area contributed by atoms with Crippen molar-refractivity contribution in [2.45, 2.75) is 51.0 Å². The van der Waals surface area contributed by atoms with Crippen LogP contribution in [-0.2, 0) is 0 Å². The highest BCUT2D eigenvalue weighted by molar-refractivity contribution is 6.32. The van der Waals surface area contributed by atoms with Gasteiger partial charge in [-0.25, -0.2) is 0 Å². The number of H-pyrrole nitrogens is 1. The Bertz CT molecular complexity index is 1010. The molecular formula is C22H25ClN2O2. The molecule has 0 amide bonds. The van der Waals surface area contributed by atoms with Crippen molar-refractivity contribution in [1.82, 2.24) is 4.98 Å². The predicted octanol–water partition coefficient (Wildman–Crippen LogP) is 4.76. The van der Waals surface area contributed by atoms with Crippen molar-refractivity contribution in [2.75, 3.05) is 0 Å². The normalized spacial score (nSPS) is 31.7. The Morgan fingerprint density at radius 3 is 3.04 bits per heavy atom. The van der Waals surface area contributed by atoms with Gasteiger partial charge in [-0.05, 0) is 72.6 Å². The lowest BCUT2D eigenvalue weighted by atomic mass is 9.80. The molecule has 5 heteroatoms. The molecule has 0 aliphatic heterocycles. The van der Waals surface area contributed by atoms with Crippen molar-refractivity contribution in [3.8, 4) is 5.75 Å². The van der Waals surface area contributed by atoms with Crippen molar-refractivity contribution in [1.29, 1.82) is 0 Å². The molecule has 3 aliphatic rings. The summed E-state index contributed by atoms with van der Waals surface area (Å²) in [6, 6.07) is 5.46. The average Bonchev–Trinajstić information content (AvgIpc) is 3.11. The molecule has 3 aliphatic carbocycles. The Hall–Kier alpha value is -1.78. The Kier molecular flexibility index (Phi) is 3.92. The van der Waals surface area contributed by atoms with Crippen LogP contribution in [0.15, 0.2) is 40.5 Å². The minimum absolute atomic E-state index is 0.0704. The summed E-state index contributed by atoms with van der Waals surface area (Å²) < 4.78 is 6.40. The van der Waals surface area contributed by atoms with E-state index in [2.05, 4.69) is 11.9 Å². The lowest BCUT2D eigenvalue weighted by Crippen LogP contribution is -2.43. The highest BCUT2D eigenvalue weighted by atomic mass is 35.5. The van der Waals surface area contributed by atoms with E-state index in [1.54, 1.807) is 12.3 Å². The van der Waals surface area contributed by atoms with Crippen molar-refractivity contribution in [3.63, 3.8) is 0 Å². The molecule has 1 heterocycles. The van der Waals surface area contributed by atoms with Gasteiger partial charge in [0, 0.05) is 23.5 Å². The van der Waals surface area contributed by atoms with E-state index >= 15 is 0 Å². The van der Waals surface area contributed by atoms with E-state index in [0.29, 0.717) is 33.9 Å². The largest absolute Gasteiger partial charge is 0.460 e. The molecule has 27 heavy (non-hydrogen) atoms. The minimum Gasteiger partial charge on any atom is -0.460 e. The van der Waals surface area contributed by atoms with Gasteiger partial charge in [-0.3, -0.25) is 4.79 Å². The van der Waals surface area contributed by atoms with E-state index in [4.69, 9.17) is 22.1 Å². The SMILES string of the molecule is CCCC1(N)CC2=C(Oc3cc4cc[nH]c(=O)c4cc3Cl)CC3CC2C1C3. The number of pyridine rings is 1. The molecule has 1 aromatic heterocycles. The average molecular weight is 385 g/mol. The fourth-order valence-electron chi connectivity index (χ4n) is 5.89. The quantitative estimate of drug-likeness (QED) is 0.798. The Labute approximate surface area is 163 Å². The van der Waals surface area contributed by atoms with Crippen LogP contribution in [0.4, 0.5) is 0 Å². The van der Waals surface area contributed by atoms with Gasteiger partial charge in [-0.15, -0.1) is 0 Å². The molecule has 0 radical (unpaired) electrons. The molecule has 3 N–H and O–H groups in total. The van der Waals surface area contributed by atoms with Crippen molar-refractivity contribution >= 4 is 22.4 Å². The summed E-state index contributed by atoms with van der Waals surface area (Å²) >= 11 is 6.46. The molecule has 2 saturated carbocycles. The third kappa shape index (κ3) is 2.65. The van der Waals surface area contributed by atoms with Crippen LogP contribution in [-0.4, -0.2) is 10.5 Å². The van der Waals surface area contributed by atoms with Crippen LogP contribution >= 0.6 is 11.6 Å². The zero-order chi connectivity index (χ0) is 18.8. The van der Waals surface area contributed by atoms with Crippen LogP contribution in [0, 0.1) is 17.8 Å². The van der Waals surface area contributed by atoms with Crippen molar-refractivity contribution < 1.29 is 4.74 Å². The van der Waals surface area contributed by atoms with Gasteiger partial charge in [0.1, 0.15) is 11.5 Å². The van der Waals surface area contributed by atoms with Gasteiger partial charge < -0.3 is 15.5 Å². The molecule has 1 aromatic carbocycles. The van der Waals surface area contributed by atoms with E-state index in [9.17, 15) is 4.79 Å². The second-order valence-electron chi connectivity index (χ2n) is 8.64. The third-order valence-corrected chi connectivity index (χ3v) is 7.27. The first kappa shape index (κ1) is 17.3. The lowest BCUT2D eigenvalue weighted by molar-refractivity contribution is 0.262. The summed E-state index contributed by atoms with van der Waals surface area (Å²) in [4.78, 5) is 14.7. The standard InChI is InChI=1S/C22H25ClN2O2/c1-2-4-22(24)11-16-15-6-12(7-17(15)22)8-19(16)27-20-9-13-3-5-25-21(26)14(13)10-18(20)23/h3,5,9-10,12,15,17H,2,4,6-8,11,24H2,1H3,(H,25,26). The van der Waals surface area contributed by atoms with Gasteiger partial charge in [0.15, 0.2) is 0 Å². The van der Waals surface area contributed by atoms with Gasteiger partial charge in [-0.1, -0.05) is 24.9 Å². The number of nitrogens with one attached hydrogen (secondary N) is 1. The number of allylic oxidation sites excluding steroid dienone is 1. The molecule has 5 rings (SSSR count). The number of aromatic amines is 1. The summed E-state index contributed by atoms with van der Waals surface area (Å²) in [6.45, 7) is 2.22. The van der Waals surface area contributed by atoms with Crippen LogP contribution in [0.2, 0.25) is 5.02 Å². The zero-order valence-corrected chi connectivity index (χ0v) is 16.3. The lowest BCUT2D eigenvalue weighted by Gasteiger charge is -2.31. The first-order valence-electron chi connectivity index (χ1n) is 9.98. The molecular weight excluding hydrogens is 360 g/mol. The number of ether oxygens (including phenoxy) is 1. The van der Waals surface area contributed by atoms with Crippen LogP contribution in [0.3, 0.4) is 0 Å². The summed E-state index contributed by atoms with van der Waals surface area (Å²) in [5, 5.41) is 1.90. The molecule has 0 saturated heterocycles. The van der Waals surface area contributed by atoms with Gasteiger partial charge in [-0.2, -0.15) is 0 Å². The summed E-state index contributed by atoms with van der Waals surface area (Å²) in [6.07, 6.45) is 8.27. The first-order valence-corrected chi connectivity index (χ1v) is 10.4. The molecule has 0 spiro atoms. The fourth-order valence-corrected chi connectivity index (χ4v) is 6.09. The molecule has 2 fully saturated rings. The van der Waals surface area contributed by atoms with Gasteiger partial charge in [0.05, 0.1) is 5.02 Å². The number of benzene rings is 1. The number of fused-ring (bicyclic) bond motifs is 2. The highest BCUT2D eigenvalue weighted by Gasteiger charge is 2.56. The van der Waals surface area contributed by atoms with Crippen molar-refractivity contribution in [2.24, 2.45) is 23.5 Å². The number of nitrogens with two attached hydrogens (primary N) is 1. The Morgan fingerprint density at radius 2 is 2.22 bits per heavy atom. The summed E-state index contributed by atoms with van der Waals surface area (Å²) in [5.41, 5.74) is 8.08. The summed E-state index contributed by atoms with van der Waals surface area (Å²) in [7, 11) is 0. The van der Waals surface area contributed by atoms with Crippen molar-refractivity contribution in [3.05, 3.63) is 51.1 Å². The van der Waals surface area contributed by atoms with Crippen LogP contribution in [0.25, 0.3) is 10.8 Å². The monoisotopic (exact) mass is 384 g/mol. The van der Waals surface area contributed by atoms with Crippen LogP contribution in [0.1, 0.15) is 45.4 Å². The van der Waals surface area contributed by atoms with Crippen LogP contribution in [0.5, 0.6) is 5.75 Å². The second-order valence-corrected chi connectivity index (χ2v) is 9.05. The van der Waals surface area contributed by atoms with Gasteiger partial charge in [0.2, 0.25) is 0 Å². The molecule has 2 bridgehead atoms. The van der Waals surface area contributed by atoms with Gasteiger partial charge in [0.25, 0.3) is 5.56 Å². The minimum atomic E-state index is -0.134. The zero-order valence-electron chi connectivity index (χ0n) is 15.6. The number of hydrogen-bond acceptors (Lipinski definition) is 3. The number of halogens is 1. The predicted molar refractivity (Wildman–Crippen MR) is 108 cm³/mol. The van der Waals surface area contributed by atoms with Crippen LogP contribution < -0.4 is 16.0 Å². The first-order chi connectivity index (χ1) is 13.0. The molecule has 4 atom stereocenters. The van der Waals surface area contributed by atoms with E-state index in [1.165, 1.54) is 18.4 Å². The van der Waals surface area contributed by atoms with E-state index in [-0.39, 0.29) is 11.1 Å². The maximum Gasteiger partial charge on any atom is 0.255 e.